The summed E-state index contributed by atoms with van der Waals surface area (Å²) in [5.74, 6) is -5.11. The van der Waals surface area contributed by atoms with Crippen molar-refractivity contribution >= 4 is 23.5 Å². The van der Waals surface area contributed by atoms with Crippen LogP contribution in [0.5, 0.6) is 0 Å². The van der Waals surface area contributed by atoms with Gasteiger partial charge in [0.2, 0.25) is 11.8 Å². The summed E-state index contributed by atoms with van der Waals surface area (Å²) in [5, 5.41) is 11.1. The average Bonchev–Trinajstić information content (AvgIpc) is 2.56. The van der Waals surface area contributed by atoms with Gasteiger partial charge in [-0.1, -0.05) is 0 Å². The topological polar surface area (TPSA) is 86.7 Å². The van der Waals surface area contributed by atoms with E-state index in [2.05, 4.69) is 5.32 Å². The van der Waals surface area contributed by atoms with Crippen LogP contribution in [0.2, 0.25) is 0 Å². The molecule has 1 atom stereocenters. The van der Waals surface area contributed by atoms with Gasteiger partial charge < -0.3 is 10.0 Å². The lowest BCUT2D eigenvalue weighted by molar-refractivity contribution is -0.142. The van der Waals surface area contributed by atoms with Gasteiger partial charge >= 0.3 is 5.97 Å². The number of benzene rings is 1. The van der Waals surface area contributed by atoms with E-state index in [-0.39, 0.29) is 18.4 Å². The number of halogens is 2. The van der Waals surface area contributed by atoms with E-state index in [4.69, 9.17) is 5.11 Å². The van der Waals surface area contributed by atoms with E-state index >= 15 is 0 Å². The fourth-order valence-electron chi connectivity index (χ4n) is 3.44. The Labute approximate surface area is 142 Å². The Kier molecular flexibility index (Phi) is 4.69. The van der Waals surface area contributed by atoms with E-state index < -0.39 is 41.3 Å². The quantitative estimate of drug-likeness (QED) is 0.810. The van der Waals surface area contributed by atoms with Gasteiger partial charge in [0.1, 0.15) is 11.6 Å². The highest BCUT2D eigenvalue weighted by molar-refractivity contribution is 6.01. The van der Waals surface area contributed by atoms with E-state index in [0.29, 0.717) is 31.6 Å². The number of nitrogens with one attached hydrogen (secondary N) is 1. The minimum absolute atomic E-state index is 0.0414. The number of carbonyl (C=O) groups is 3. The zero-order valence-corrected chi connectivity index (χ0v) is 13.4. The molecular weight excluding hydrogens is 334 g/mol. The van der Waals surface area contributed by atoms with Crippen molar-refractivity contribution < 1.29 is 28.3 Å². The van der Waals surface area contributed by atoms with Gasteiger partial charge in [-0.2, -0.15) is 0 Å². The number of piperidine rings is 2. The molecule has 0 aromatic heterocycles. The van der Waals surface area contributed by atoms with Crippen LogP contribution in [0, 0.1) is 17.6 Å². The van der Waals surface area contributed by atoms with Gasteiger partial charge in [0, 0.05) is 30.8 Å². The Balaban J connectivity index is 1.80. The summed E-state index contributed by atoms with van der Waals surface area (Å²) in [4.78, 5) is 35.8. The molecule has 2 amide bonds. The average molecular weight is 352 g/mol. The molecule has 2 aliphatic heterocycles. The van der Waals surface area contributed by atoms with E-state index in [0.717, 1.165) is 0 Å². The molecule has 2 fully saturated rings. The van der Waals surface area contributed by atoms with Crippen LogP contribution in [0.1, 0.15) is 37.2 Å². The summed E-state index contributed by atoms with van der Waals surface area (Å²) in [7, 11) is 0. The van der Waals surface area contributed by atoms with Crippen molar-refractivity contribution in [1.29, 1.82) is 0 Å². The number of nitrogens with zero attached hydrogens (tertiary/aromatic N) is 1. The van der Waals surface area contributed by atoms with Crippen LogP contribution >= 0.6 is 0 Å². The molecule has 2 aliphatic rings. The number of hydrogen-bond donors (Lipinski definition) is 2. The van der Waals surface area contributed by atoms with Crippen molar-refractivity contribution in [3.8, 4) is 0 Å². The lowest BCUT2D eigenvalue weighted by atomic mass is 9.89. The third kappa shape index (κ3) is 3.47. The van der Waals surface area contributed by atoms with Gasteiger partial charge in [-0.3, -0.25) is 19.7 Å². The highest BCUT2D eigenvalue weighted by atomic mass is 19.1. The van der Waals surface area contributed by atoms with Crippen LogP contribution in [0.15, 0.2) is 12.1 Å². The molecule has 8 heteroatoms. The van der Waals surface area contributed by atoms with E-state index in [9.17, 15) is 23.2 Å². The Morgan fingerprint density at radius 1 is 1.12 bits per heavy atom. The number of carbonyl (C=O) groups excluding carboxylic acids is 2. The van der Waals surface area contributed by atoms with E-state index in [1.54, 1.807) is 4.90 Å². The lowest BCUT2D eigenvalue weighted by Gasteiger charge is -2.32. The van der Waals surface area contributed by atoms with Crippen LogP contribution in [0.4, 0.5) is 14.5 Å². The molecule has 2 N–H and O–H groups in total. The number of anilines is 1. The van der Waals surface area contributed by atoms with Gasteiger partial charge in [0.15, 0.2) is 0 Å². The summed E-state index contributed by atoms with van der Waals surface area (Å²) in [5.41, 5.74) is 0.00375. The highest BCUT2D eigenvalue weighted by Crippen LogP contribution is 2.33. The number of imide groups is 1. The molecule has 1 aromatic carbocycles. The van der Waals surface area contributed by atoms with Gasteiger partial charge in [-0.25, -0.2) is 8.78 Å². The predicted octanol–water partition coefficient (Wildman–Crippen LogP) is 1.79. The maximum absolute atomic E-state index is 14.5. The molecule has 6 nitrogen and oxygen atoms in total. The third-order valence-electron chi connectivity index (χ3n) is 4.86. The first kappa shape index (κ1) is 17.3. The second-order valence-electron chi connectivity index (χ2n) is 6.43. The number of hydrogen-bond acceptors (Lipinski definition) is 4. The van der Waals surface area contributed by atoms with Gasteiger partial charge in [-0.05, 0) is 31.4 Å². The molecule has 134 valence electrons. The minimum Gasteiger partial charge on any atom is -0.481 e. The normalized spacial score (nSPS) is 22.0. The lowest BCUT2D eigenvalue weighted by Crippen LogP contribution is -2.40. The van der Waals surface area contributed by atoms with Crippen LogP contribution in [0.25, 0.3) is 0 Å². The van der Waals surface area contributed by atoms with E-state index in [1.807, 2.05) is 0 Å². The van der Waals surface area contributed by atoms with Crippen LogP contribution in [0.3, 0.4) is 0 Å². The van der Waals surface area contributed by atoms with Crippen molar-refractivity contribution in [2.24, 2.45) is 5.92 Å². The Morgan fingerprint density at radius 2 is 1.72 bits per heavy atom. The second kappa shape index (κ2) is 6.78. The molecule has 25 heavy (non-hydrogen) atoms. The Hall–Kier alpha value is -2.51. The molecule has 0 spiro atoms. The molecule has 1 aromatic rings. The van der Waals surface area contributed by atoms with Crippen molar-refractivity contribution in [1.82, 2.24) is 5.32 Å². The summed E-state index contributed by atoms with van der Waals surface area (Å²) in [6.45, 7) is 0.793. The zero-order valence-electron chi connectivity index (χ0n) is 13.4. The first-order chi connectivity index (χ1) is 11.9. The molecule has 2 saturated heterocycles. The summed E-state index contributed by atoms with van der Waals surface area (Å²) in [6.07, 6.45) is 0.933. The number of carboxylic acid groups (broad SMARTS) is 1. The van der Waals surface area contributed by atoms with Crippen LogP contribution in [-0.4, -0.2) is 36.0 Å². The third-order valence-corrected chi connectivity index (χ3v) is 4.86. The first-order valence-electron chi connectivity index (χ1n) is 8.17. The fraction of sp³-hybridized carbons (Fsp3) is 0.471. The maximum Gasteiger partial charge on any atom is 0.306 e. The van der Waals surface area contributed by atoms with Gasteiger partial charge in [0.05, 0.1) is 11.8 Å². The SMILES string of the molecule is O=C1CC[C@H](c2c(F)cc(N3CCC(C(=O)O)CC3)cc2F)C(=O)N1. The number of aliphatic carboxylic acids is 1. The fourth-order valence-corrected chi connectivity index (χ4v) is 3.44. The molecule has 0 aliphatic carbocycles. The molecule has 0 unspecified atom stereocenters. The maximum atomic E-state index is 14.5. The Morgan fingerprint density at radius 3 is 2.24 bits per heavy atom. The van der Waals surface area contributed by atoms with Gasteiger partial charge in [0.25, 0.3) is 0 Å². The highest BCUT2D eigenvalue weighted by Gasteiger charge is 2.33. The van der Waals surface area contributed by atoms with Crippen molar-refractivity contribution in [3.63, 3.8) is 0 Å². The first-order valence-corrected chi connectivity index (χ1v) is 8.17. The smallest absolute Gasteiger partial charge is 0.306 e. The van der Waals surface area contributed by atoms with Crippen molar-refractivity contribution in [2.75, 3.05) is 18.0 Å². The monoisotopic (exact) mass is 352 g/mol. The largest absolute Gasteiger partial charge is 0.481 e. The molecule has 2 heterocycles. The summed E-state index contributed by atoms with van der Waals surface area (Å²) < 4.78 is 29.0. The number of carboxylic acids is 1. The number of rotatable bonds is 3. The summed E-state index contributed by atoms with van der Waals surface area (Å²) in [6, 6.07) is 2.34. The number of amides is 2. The molecule has 0 bridgehead atoms. The van der Waals surface area contributed by atoms with E-state index in [1.165, 1.54) is 12.1 Å². The minimum atomic E-state index is -1.02. The van der Waals surface area contributed by atoms with Crippen LogP contribution < -0.4 is 10.2 Å². The second-order valence-corrected chi connectivity index (χ2v) is 6.43. The molecule has 3 rings (SSSR count). The predicted molar refractivity (Wildman–Crippen MR) is 84.1 cm³/mol. The van der Waals surface area contributed by atoms with Crippen molar-refractivity contribution in [2.45, 2.75) is 31.6 Å². The van der Waals surface area contributed by atoms with Gasteiger partial charge in [-0.15, -0.1) is 0 Å². The zero-order chi connectivity index (χ0) is 18.1. The molecule has 0 radical (unpaired) electrons. The molecular formula is C17H18F2N2O4. The Bertz CT molecular complexity index is 706. The standard InChI is InChI=1S/C17H18F2N2O4/c18-12-7-10(21-5-3-9(4-6-21)17(24)25)8-13(19)15(12)11-1-2-14(22)20-16(11)23/h7-9,11H,1-6H2,(H,24,25)(H,20,22,23)/t11-/m1/s1. The molecule has 0 saturated carbocycles. The summed E-state index contributed by atoms with van der Waals surface area (Å²) >= 11 is 0. The van der Waals surface area contributed by atoms with Crippen molar-refractivity contribution in [3.05, 3.63) is 29.3 Å². The van der Waals surface area contributed by atoms with Crippen LogP contribution in [-0.2, 0) is 14.4 Å².